The maximum atomic E-state index is 13.1. The zero-order valence-electron chi connectivity index (χ0n) is 65.1. The monoisotopic (exact) mass is 1450 g/mol. The van der Waals surface area contributed by atoms with Crippen molar-refractivity contribution in [1.29, 1.82) is 0 Å². The first-order chi connectivity index (χ1) is 47.6. The number of rotatable bonds is 77. The second-order valence-corrected chi connectivity index (χ2v) is 33.4. The molecule has 0 saturated carbocycles. The smallest absolute Gasteiger partial charge is 0.462 e. The first-order valence-electron chi connectivity index (χ1n) is 41.2. The van der Waals surface area contributed by atoms with Crippen LogP contribution in [0.25, 0.3) is 0 Å². The molecule has 3 unspecified atom stereocenters. The minimum Gasteiger partial charge on any atom is -0.462 e. The van der Waals surface area contributed by atoms with Crippen LogP contribution < -0.4 is 0 Å². The van der Waals surface area contributed by atoms with Crippen molar-refractivity contribution >= 4 is 39.5 Å². The SMILES string of the molecule is CCC(C)CCCCCCCCC(=O)OC[C@H](COP(=O)(O)OC[C@H](O)COP(=O)(O)OC[C@@H](COC(=O)CCCCCCCCCCCCCC(C)C)OC(=O)CCCCCCCCCCCCCC(C)C)OC(=O)CCCCCCCCCCCCCCCCCCCCC(C)C. The molecule has 0 radical (unpaired) electrons. The summed E-state index contributed by atoms with van der Waals surface area (Å²) in [6, 6.07) is 0. The van der Waals surface area contributed by atoms with E-state index in [1.165, 1.54) is 205 Å². The normalized spacial score (nSPS) is 14.3. The van der Waals surface area contributed by atoms with E-state index in [-0.39, 0.29) is 25.7 Å². The highest BCUT2D eigenvalue weighted by molar-refractivity contribution is 7.47. The number of phosphoric ester groups is 2. The molecular formula is C80H156O17P2. The van der Waals surface area contributed by atoms with Gasteiger partial charge in [-0.25, -0.2) is 9.13 Å². The second-order valence-electron chi connectivity index (χ2n) is 30.5. The number of hydrogen-bond donors (Lipinski definition) is 3. The van der Waals surface area contributed by atoms with Gasteiger partial charge in [-0.2, -0.15) is 0 Å². The number of ether oxygens (including phenoxy) is 4. The molecule has 588 valence electrons. The molecule has 0 aliphatic carbocycles. The van der Waals surface area contributed by atoms with Crippen LogP contribution in [0.3, 0.4) is 0 Å². The van der Waals surface area contributed by atoms with Gasteiger partial charge in [0.2, 0.25) is 0 Å². The van der Waals surface area contributed by atoms with Gasteiger partial charge in [0.05, 0.1) is 26.4 Å². The molecule has 0 fully saturated rings. The molecule has 0 aliphatic rings. The number of phosphoric acid groups is 2. The number of unbranched alkanes of at least 4 members (excludes halogenated alkanes) is 42. The minimum atomic E-state index is -4.96. The quantitative estimate of drug-likeness (QED) is 0.0222. The van der Waals surface area contributed by atoms with Crippen LogP contribution in [0.4, 0.5) is 0 Å². The van der Waals surface area contributed by atoms with Gasteiger partial charge in [0.15, 0.2) is 12.2 Å². The third-order valence-corrected chi connectivity index (χ3v) is 20.8. The molecule has 17 nitrogen and oxygen atoms in total. The van der Waals surface area contributed by atoms with Crippen LogP contribution in [-0.2, 0) is 65.4 Å². The Labute approximate surface area is 607 Å². The van der Waals surface area contributed by atoms with Gasteiger partial charge in [-0.1, -0.05) is 357 Å². The predicted molar refractivity (Wildman–Crippen MR) is 404 cm³/mol. The fourth-order valence-corrected chi connectivity index (χ4v) is 13.8. The third kappa shape index (κ3) is 72.8. The zero-order chi connectivity index (χ0) is 73.1. The largest absolute Gasteiger partial charge is 0.472 e. The summed E-state index contributed by atoms with van der Waals surface area (Å²) in [5, 5.41) is 10.6. The molecule has 0 heterocycles. The van der Waals surface area contributed by atoms with Crippen molar-refractivity contribution in [2.24, 2.45) is 23.7 Å². The molecule has 0 bridgehead atoms. The van der Waals surface area contributed by atoms with Gasteiger partial charge >= 0.3 is 39.5 Å². The van der Waals surface area contributed by atoms with Gasteiger partial charge in [0, 0.05) is 25.7 Å². The molecule has 0 saturated heterocycles. The van der Waals surface area contributed by atoms with Crippen molar-refractivity contribution < 1.29 is 80.2 Å². The standard InChI is InChI=1S/C80H156O17P2/c1-9-73(8)59-51-43-38-39-45-53-61-78(83)91-67-76(97-79(84)62-54-46-36-30-23-17-15-13-11-10-12-14-16-20-26-32-40-48-56-70(2)3)69-95-99(88,89)93-65-74(81)64-92-98(86,87)94-68-75(96-80(85)63-55-47-37-31-25-19-22-28-34-42-50-58-72(6)7)66-90-77(82)60-52-44-35-29-24-18-21-27-33-41-49-57-71(4)5/h70-76,81H,9-69H2,1-8H3,(H,86,87)(H,88,89)/t73?,74-,75-,76-/m1/s1. The maximum Gasteiger partial charge on any atom is 0.472 e. The number of carbonyl (C=O) groups is 4. The van der Waals surface area contributed by atoms with Crippen molar-refractivity contribution in [3.05, 3.63) is 0 Å². The maximum absolute atomic E-state index is 13.1. The summed E-state index contributed by atoms with van der Waals surface area (Å²) in [5.41, 5.74) is 0. The van der Waals surface area contributed by atoms with E-state index >= 15 is 0 Å². The lowest BCUT2D eigenvalue weighted by Gasteiger charge is -2.21. The second kappa shape index (κ2) is 69.1. The van der Waals surface area contributed by atoms with Crippen molar-refractivity contribution in [2.75, 3.05) is 39.6 Å². The topological polar surface area (TPSA) is 237 Å². The lowest BCUT2D eigenvalue weighted by atomic mass is 10.00. The van der Waals surface area contributed by atoms with E-state index in [1.807, 2.05) is 0 Å². The summed E-state index contributed by atoms with van der Waals surface area (Å²) in [6.45, 7) is 14.2. The van der Waals surface area contributed by atoms with Crippen LogP contribution in [0.5, 0.6) is 0 Å². The average molecular weight is 1450 g/mol. The Bertz CT molecular complexity index is 1940. The first-order valence-corrected chi connectivity index (χ1v) is 44.2. The summed E-state index contributed by atoms with van der Waals surface area (Å²) in [7, 11) is -9.92. The molecule has 0 aliphatic heterocycles. The van der Waals surface area contributed by atoms with Crippen molar-refractivity contribution in [2.45, 2.75) is 427 Å². The van der Waals surface area contributed by atoms with Gasteiger partial charge < -0.3 is 33.8 Å². The highest BCUT2D eigenvalue weighted by Gasteiger charge is 2.30. The van der Waals surface area contributed by atoms with Gasteiger partial charge in [0.25, 0.3) is 0 Å². The van der Waals surface area contributed by atoms with Crippen LogP contribution in [0.1, 0.15) is 409 Å². The van der Waals surface area contributed by atoms with Crippen LogP contribution in [0, 0.1) is 23.7 Å². The predicted octanol–water partition coefficient (Wildman–Crippen LogP) is 23.6. The molecular weight excluding hydrogens is 1290 g/mol. The number of aliphatic hydroxyl groups excluding tert-OH is 1. The summed E-state index contributed by atoms with van der Waals surface area (Å²) in [4.78, 5) is 73.0. The van der Waals surface area contributed by atoms with Gasteiger partial charge in [0.1, 0.15) is 19.3 Å². The summed E-state index contributed by atoms with van der Waals surface area (Å²) < 4.78 is 68.7. The van der Waals surface area contributed by atoms with Gasteiger partial charge in [-0.3, -0.25) is 37.3 Å². The Hall–Kier alpha value is -1.94. The van der Waals surface area contributed by atoms with E-state index < -0.39 is 97.5 Å². The molecule has 3 N–H and O–H groups in total. The zero-order valence-corrected chi connectivity index (χ0v) is 66.9. The van der Waals surface area contributed by atoms with Crippen LogP contribution >= 0.6 is 15.6 Å². The average Bonchev–Trinajstić information content (AvgIpc) is 1.15. The van der Waals surface area contributed by atoms with Gasteiger partial charge in [-0.15, -0.1) is 0 Å². The molecule has 0 aromatic rings. The summed E-state index contributed by atoms with van der Waals surface area (Å²) in [5.74, 6) is 0.971. The molecule has 0 aromatic heterocycles. The fourth-order valence-electron chi connectivity index (χ4n) is 12.2. The molecule has 0 spiro atoms. The van der Waals surface area contributed by atoms with Crippen molar-refractivity contribution in [3.63, 3.8) is 0 Å². The lowest BCUT2D eigenvalue weighted by molar-refractivity contribution is -0.161. The molecule has 0 amide bonds. The summed E-state index contributed by atoms with van der Waals surface area (Å²) >= 11 is 0. The fraction of sp³-hybridized carbons (Fsp3) is 0.950. The highest BCUT2D eigenvalue weighted by Crippen LogP contribution is 2.45. The molecule has 0 aromatic carbocycles. The Balaban J connectivity index is 5.21. The minimum absolute atomic E-state index is 0.106. The molecule has 6 atom stereocenters. The number of carbonyl (C=O) groups excluding carboxylic acids is 4. The molecule has 19 heteroatoms. The van der Waals surface area contributed by atoms with E-state index in [2.05, 4.69) is 55.4 Å². The van der Waals surface area contributed by atoms with E-state index in [1.54, 1.807) is 0 Å². The molecule has 0 rings (SSSR count). The molecule has 99 heavy (non-hydrogen) atoms. The van der Waals surface area contributed by atoms with Crippen LogP contribution in [0.2, 0.25) is 0 Å². The Morgan fingerprint density at radius 3 is 0.717 bits per heavy atom. The Morgan fingerprint density at radius 1 is 0.283 bits per heavy atom. The van der Waals surface area contributed by atoms with E-state index in [9.17, 15) is 43.2 Å². The number of hydrogen-bond acceptors (Lipinski definition) is 15. The van der Waals surface area contributed by atoms with Crippen molar-refractivity contribution in [3.8, 4) is 0 Å². The van der Waals surface area contributed by atoms with Crippen LogP contribution in [-0.4, -0.2) is 96.7 Å². The lowest BCUT2D eigenvalue weighted by Crippen LogP contribution is -2.30. The Morgan fingerprint density at radius 2 is 0.485 bits per heavy atom. The number of aliphatic hydroxyl groups is 1. The van der Waals surface area contributed by atoms with E-state index in [4.69, 9.17) is 37.0 Å². The van der Waals surface area contributed by atoms with Crippen molar-refractivity contribution in [1.82, 2.24) is 0 Å². The summed E-state index contributed by atoms with van der Waals surface area (Å²) in [6.07, 6.45) is 55.6. The third-order valence-electron chi connectivity index (χ3n) is 18.9. The Kier molecular flexibility index (Phi) is 67.8. The van der Waals surface area contributed by atoms with E-state index in [0.717, 1.165) is 120 Å². The number of esters is 4. The highest BCUT2D eigenvalue weighted by atomic mass is 31.2. The van der Waals surface area contributed by atoms with Crippen LogP contribution in [0.15, 0.2) is 0 Å². The first kappa shape index (κ1) is 97.1. The van der Waals surface area contributed by atoms with Gasteiger partial charge in [-0.05, 0) is 49.4 Å². The van der Waals surface area contributed by atoms with E-state index in [0.29, 0.717) is 25.7 Å².